The van der Waals surface area contributed by atoms with E-state index in [0.717, 1.165) is 12.0 Å². The van der Waals surface area contributed by atoms with Gasteiger partial charge in [0.05, 0.1) is 11.3 Å². The van der Waals surface area contributed by atoms with Crippen molar-refractivity contribution in [2.24, 2.45) is 0 Å². The summed E-state index contributed by atoms with van der Waals surface area (Å²) >= 11 is 0. The van der Waals surface area contributed by atoms with Gasteiger partial charge in [-0.3, -0.25) is 15.0 Å². The maximum atomic E-state index is 12.7. The Kier molecular flexibility index (Phi) is 4.93. The summed E-state index contributed by atoms with van der Waals surface area (Å²) in [6.07, 6.45) is 2.28. The lowest BCUT2D eigenvalue weighted by molar-refractivity contribution is -0.117. The molecule has 30 heavy (non-hydrogen) atoms. The van der Waals surface area contributed by atoms with Gasteiger partial charge < -0.3 is 9.52 Å². The molecule has 2 N–H and O–H groups in total. The molecule has 1 aliphatic heterocycles. The third kappa shape index (κ3) is 3.60. The van der Waals surface area contributed by atoms with Crippen LogP contribution in [0.5, 0.6) is 0 Å². The predicted octanol–water partition coefficient (Wildman–Crippen LogP) is 3.67. The Morgan fingerprint density at radius 1 is 1.03 bits per heavy atom. The number of hydrazine groups is 1. The molecular weight excluding hydrogens is 384 g/mol. The monoisotopic (exact) mass is 402 g/mol. The predicted molar refractivity (Wildman–Crippen MR) is 111 cm³/mol. The van der Waals surface area contributed by atoms with Crippen LogP contribution in [-0.4, -0.2) is 22.9 Å². The number of amides is 2. The summed E-state index contributed by atoms with van der Waals surface area (Å²) < 4.78 is 5.73. The number of nitrogens with one attached hydrogen (secondary N) is 1. The maximum absolute atomic E-state index is 12.7. The highest BCUT2D eigenvalue weighted by molar-refractivity contribution is 6.31. The Morgan fingerprint density at radius 2 is 1.73 bits per heavy atom. The fourth-order valence-corrected chi connectivity index (χ4v) is 3.12. The van der Waals surface area contributed by atoms with E-state index < -0.39 is 17.8 Å². The van der Waals surface area contributed by atoms with E-state index in [1.54, 1.807) is 36.4 Å². The molecule has 0 bridgehead atoms. The number of furan rings is 1. The van der Waals surface area contributed by atoms with Gasteiger partial charge in [-0.25, -0.2) is 9.80 Å². The first-order chi connectivity index (χ1) is 14.5. The molecule has 1 saturated heterocycles. The number of benzene rings is 2. The first-order valence-corrected chi connectivity index (χ1v) is 9.36. The Balaban J connectivity index is 1.56. The number of hydrogen-bond acceptors (Lipinski definition) is 4. The number of nitrogens with zero attached hydrogens (tertiary/aromatic N) is 1. The third-order valence-electron chi connectivity index (χ3n) is 4.82. The van der Waals surface area contributed by atoms with Gasteiger partial charge in [-0.1, -0.05) is 31.2 Å². The quantitative estimate of drug-likeness (QED) is 0.501. The molecule has 1 aromatic heterocycles. The molecule has 2 amide bonds. The number of aryl methyl sites for hydroxylation is 1. The fraction of sp³-hybridized carbons (Fsp3) is 0.0870. The van der Waals surface area contributed by atoms with Crippen LogP contribution in [-0.2, 0) is 16.0 Å². The molecule has 0 spiro atoms. The van der Waals surface area contributed by atoms with Crippen molar-refractivity contribution in [2.45, 2.75) is 13.3 Å². The minimum Gasteiger partial charge on any atom is -0.478 e. The Bertz CT molecular complexity index is 1160. The minimum atomic E-state index is -1.01. The molecule has 1 aliphatic rings. The average Bonchev–Trinajstić information content (AvgIpc) is 3.34. The van der Waals surface area contributed by atoms with Gasteiger partial charge in [-0.2, -0.15) is 0 Å². The number of aromatic carboxylic acids is 1. The zero-order valence-electron chi connectivity index (χ0n) is 16.1. The van der Waals surface area contributed by atoms with Gasteiger partial charge in [0, 0.05) is 5.56 Å². The van der Waals surface area contributed by atoms with E-state index >= 15 is 0 Å². The highest BCUT2D eigenvalue weighted by atomic mass is 16.4. The SMILES string of the molecule is CCc1ccc(N2NC(=O)/C(=C/c3ccc(-c4ccc(C(=O)O)cc4)o3)C2=O)cc1. The van der Waals surface area contributed by atoms with Crippen LogP contribution < -0.4 is 10.4 Å². The van der Waals surface area contributed by atoms with E-state index in [0.29, 0.717) is 22.8 Å². The lowest BCUT2D eigenvalue weighted by Crippen LogP contribution is -2.35. The molecule has 0 radical (unpaired) electrons. The van der Waals surface area contributed by atoms with Crippen molar-refractivity contribution in [1.82, 2.24) is 5.43 Å². The third-order valence-corrected chi connectivity index (χ3v) is 4.82. The van der Waals surface area contributed by atoms with Crippen molar-refractivity contribution in [2.75, 3.05) is 5.01 Å². The average molecular weight is 402 g/mol. The zero-order valence-corrected chi connectivity index (χ0v) is 16.1. The first kappa shape index (κ1) is 19.2. The topological polar surface area (TPSA) is 99.8 Å². The van der Waals surface area contributed by atoms with Crippen LogP contribution >= 0.6 is 0 Å². The van der Waals surface area contributed by atoms with Crippen molar-refractivity contribution in [3.05, 3.63) is 83.1 Å². The normalized spacial score (nSPS) is 15.0. The smallest absolute Gasteiger partial charge is 0.335 e. The second-order valence-electron chi connectivity index (χ2n) is 6.74. The molecule has 7 heteroatoms. The molecule has 2 aromatic carbocycles. The van der Waals surface area contributed by atoms with Crippen LogP contribution in [0.4, 0.5) is 5.69 Å². The van der Waals surface area contributed by atoms with Crippen LogP contribution in [0.2, 0.25) is 0 Å². The van der Waals surface area contributed by atoms with Crippen LogP contribution in [0.25, 0.3) is 17.4 Å². The Hall–Kier alpha value is -4.13. The molecular formula is C23H18N2O5. The van der Waals surface area contributed by atoms with E-state index in [4.69, 9.17) is 9.52 Å². The minimum absolute atomic E-state index is 0.0308. The van der Waals surface area contributed by atoms with E-state index in [1.165, 1.54) is 23.2 Å². The van der Waals surface area contributed by atoms with E-state index in [1.807, 2.05) is 19.1 Å². The van der Waals surface area contributed by atoms with Crippen molar-refractivity contribution < 1.29 is 23.9 Å². The highest BCUT2D eigenvalue weighted by Crippen LogP contribution is 2.26. The second-order valence-corrected chi connectivity index (χ2v) is 6.74. The van der Waals surface area contributed by atoms with Gasteiger partial charge in [-0.15, -0.1) is 0 Å². The van der Waals surface area contributed by atoms with Gasteiger partial charge in [0.15, 0.2) is 0 Å². The molecule has 0 atom stereocenters. The molecule has 0 unspecified atom stereocenters. The van der Waals surface area contributed by atoms with E-state index in [9.17, 15) is 14.4 Å². The summed E-state index contributed by atoms with van der Waals surface area (Å²) in [7, 11) is 0. The molecule has 7 nitrogen and oxygen atoms in total. The lowest BCUT2D eigenvalue weighted by atomic mass is 10.1. The van der Waals surface area contributed by atoms with Crippen LogP contribution in [0.1, 0.15) is 28.6 Å². The van der Waals surface area contributed by atoms with E-state index in [2.05, 4.69) is 5.43 Å². The number of carbonyl (C=O) groups excluding carboxylic acids is 2. The standard InChI is InChI=1S/C23H18N2O5/c1-2-14-3-9-17(10-4-14)25-22(27)19(21(26)24-25)13-18-11-12-20(30-18)15-5-7-16(8-6-15)23(28)29/h3-13H,2H2,1H3,(H,24,26)(H,28,29)/b19-13-. The van der Waals surface area contributed by atoms with Crippen LogP contribution in [0.15, 0.2) is 70.7 Å². The summed E-state index contributed by atoms with van der Waals surface area (Å²) in [6, 6.07) is 16.9. The van der Waals surface area contributed by atoms with E-state index in [-0.39, 0.29) is 11.1 Å². The molecule has 3 aromatic rings. The summed E-state index contributed by atoms with van der Waals surface area (Å²) in [4.78, 5) is 36.0. The largest absolute Gasteiger partial charge is 0.478 e. The lowest BCUT2D eigenvalue weighted by Gasteiger charge is -2.14. The maximum Gasteiger partial charge on any atom is 0.335 e. The molecule has 150 valence electrons. The summed E-state index contributed by atoms with van der Waals surface area (Å²) in [6.45, 7) is 2.04. The van der Waals surface area contributed by atoms with Crippen molar-refractivity contribution in [3.63, 3.8) is 0 Å². The van der Waals surface area contributed by atoms with Gasteiger partial charge in [0.1, 0.15) is 17.1 Å². The number of hydrogen-bond donors (Lipinski definition) is 2. The van der Waals surface area contributed by atoms with Gasteiger partial charge in [0.25, 0.3) is 11.8 Å². The summed E-state index contributed by atoms with van der Waals surface area (Å²) in [5.74, 6) is -1.15. The molecule has 1 fully saturated rings. The Morgan fingerprint density at radius 3 is 2.37 bits per heavy atom. The van der Waals surface area contributed by atoms with Crippen LogP contribution in [0.3, 0.4) is 0 Å². The first-order valence-electron chi connectivity index (χ1n) is 9.36. The van der Waals surface area contributed by atoms with Gasteiger partial charge in [0.2, 0.25) is 0 Å². The summed E-state index contributed by atoms with van der Waals surface area (Å²) in [5.41, 5.74) is 5.10. The van der Waals surface area contributed by atoms with Crippen molar-refractivity contribution in [3.8, 4) is 11.3 Å². The Labute approximate surface area is 172 Å². The molecule has 4 rings (SSSR count). The number of carbonyl (C=O) groups is 3. The number of anilines is 1. The van der Waals surface area contributed by atoms with Gasteiger partial charge in [-0.05, 0) is 54.5 Å². The number of carboxylic acid groups (broad SMARTS) is 1. The number of carboxylic acids is 1. The van der Waals surface area contributed by atoms with Crippen molar-refractivity contribution in [1.29, 1.82) is 0 Å². The molecule has 2 heterocycles. The van der Waals surface area contributed by atoms with Crippen LogP contribution in [0, 0.1) is 0 Å². The molecule has 0 aliphatic carbocycles. The summed E-state index contributed by atoms with van der Waals surface area (Å²) in [5, 5.41) is 10.2. The highest BCUT2D eigenvalue weighted by Gasteiger charge is 2.34. The van der Waals surface area contributed by atoms with Gasteiger partial charge >= 0.3 is 5.97 Å². The fourth-order valence-electron chi connectivity index (χ4n) is 3.12. The van der Waals surface area contributed by atoms with Crippen molar-refractivity contribution >= 4 is 29.5 Å². The molecule has 0 saturated carbocycles. The number of rotatable bonds is 5. The second kappa shape index (κ2) is 7.71. The zero-order chi connectivity index (χ0) is 21.3.